The first-order valence-electron chi connectivity index (χ1n) is 6.54. The predicted molar refractivity (Wildman–Crippen MR) is 75.7 cm³/mol. The van der Waals surface area contributed by atoms with E-state index in [1.165, 1.54) is 0 Å². The van der Waals surface area contributed by atoms with Gasteiger partial charge in [-0.05, 0) is 24.6 Å². The third-order valence-corrected chi connectivity index (χ3v) is 3.50. The summed E-state index contributed by atoms with van der Waals surface area (Å²) in [5.74, 6) is 0. The topological polar surface area (TPSA) is 81.0 Å². The Balaban J connectivity index is 1.73. The minimum Gasteiger partial charge on any atom is -0.320 e. The van der Waals surface area contributed by atoms with E-state index < -0.39 is 0 Å². The molecule has 3 N–H and O–H groups in total. The number of fused-ring (bicyclic) bond motifs is 1. The third kappa shape index (κ3) is 2.32. The first kappa shape index (κ1) is 12.5. The van der Waals surface area contributed by atoms with Crippen LogP contribution in [0.2, 0.25) is 0 Å². The van der Waals surface area contributed by atoms with E-state index in [0.717, 1.165) is 16.9 Å². The van der Waals surface area contributed by atoms with Crippen LogP contribution in [0.1, 0.15) is 16.8 Å². The predicted octanol–water partition coefficient (Wildman–Crippen LogP) is 1.60. The Morgan fingerprint density at radius 3 is 3.00 bits per heavy atom. The van der Waals surface area contributed by atoms with Crippen molar-refractivity contribution in [2.75, 3.05) is 11.9 Å². The fourth-order valence-electron chi connectivity index (χ4n) is 2.42. The Morgan fingerprint density at radius 2 is 2.20 bits per heavy atom. The van der Waals surface area contributed by atoms with Crippen LogP contribution in [0.4, 0.5) is 10.5 Å². The second-order valence-electron chi connectivity index (χ2n) is 5.01. The second kappa shape index (κ2) is 4.88. The maximum Gasteiger partial charge on any atom is 0.322 e. The Hall–Kier alpha value is -2.50. The lowest BCUT2D eigenvalue weighted by molar-refractivity contribution is 0.206. The fraction of sp³-hybridized carbons (Fsp3) is 0.286. The molecular weight excluding hydrogens is 256 g/mol. The number of aromatic amines is 2. The Labute approximate surface area is 115 Å². The summed E-state index contributed by atoms with van der Waals surface area (Å²) in [6.07, 6.45) is 0.662. The highest BCUT2D eigenvalue weighted by Gasteiger charge is 2.23. The summed E-state index contributed by atoms with van der Waals surface area (Å²) >= 11 is 0. The molecule has 6 heteroatoms. The molecule has 3 rings (SSSR count). The molecule has 0 aliphatic carbocycles. The first-order chi connectivity index (χ1) is 9.63. The summed E-state index contributed by atoms with van der Waals surface area (Å²) in [4.78, 5) is 25.5. The highest BCUT2D eigenvalue weighted by atomic mass is 16.2. The number of amides is 2. The molecule has 6 nitrogen and oxygen atoms in total. The molecule has 0 spiro atoms. The number of hydrogen-bond donors (Lipinski definition) is 3. The van der Waals surface area contributed by atoms with E-state index in [9.17, 15) is 9.59 Å². The quantitative estimate of drug-likeness (QED) is 0.737. The van der Waals surface area contributed by atoms with E-state index in [-0.39, 0.29) is 11.6 Å². The van der Waals surface area contributed by atoms with Gasteiger partial charge in [0.2, 0.25) is 0 Å². The molecule has 0 atom stereocenters. The molecule has 2 heterocycles. The minimum atomic E-state index is -0.179. The van der Waals surface area contributed by atoms with Gasteiger partial charge in [0.1, 0.15) is 0 Å². The number of urea groups is 1. The summed E-state index contributed by atoms with van der Waals surface area (Å²) < 4.78 is 0. The van der Waals surface area contributed by atoms with Gasteiger partial charge in [-0.3, -0.25) is 9.89 Å². The zero-order valence-electron chi connectivity index (χ0n) is 11.2. The molecule has 2 amide bonds. The van der Waals surface area contributed by atoms with Crippen LogP contribution in [0.3, 0.4) is 0 Å². The Morgan fingerprint density at radius 1 is 1.35 bits per heavy atom. The van der Waals surface area contributed by atoms with Gasteiger partial charge in [0, 0.05) is 24.3 Å². The molecule has 0 unspecified atom stereocenters. The molecule has 0 radical (unpaired) electrons. The summed E-state index contributed by atoms with van der Waals surface area (Å²) in [5, 5.41) is 8.26. The molecule has 1 aliphatic rings. The van der Waals surface area contributed by atoms with Gasteiger partial charge in [-0.25, -0.2) is 4.79 Å². The van der Waals surface area contributed by atoms with Gasteiger partial charge in [0.05, 0.1) is 12.1 Å². The number of aryl methyl sites for hydroxylation is 1. The van der Waals surface area contributed by atoms with E-state index in [0.29, 0.717) is 25.1 Å². The SMILES string of the molecule is Cc1cccc(NC(=O)N2CCc3[nH][nH]c(=O)c3C2)c1. The third-order valence-electron chi connectivity index (χ3n) is 3.50. The van der Waals surface area contributed by atoms with Crippen LogP contribution in [0.5, 0.6) is 0 Å². The van der Waals surface area contributed by atoms with Crippen LogP contribution in [0, 0.1) is 6.92 Å². The molecular formula is C14H16N4O2. The minimum absolute atomic E-state index is 0.145. The Kier molecular flexibility index (Phi) is 3.06. The normalized spacial score (nSPS) is 13.9. The smallest absolute Gasteiger partial charge is 0.320 e. The van der Waals surface area contributed by atoms with Gasteiger partial charge in [-0.2, -0.15) is 0 Å². The number of rotatable bonds is 1. The number of hydrogen-bond acceptors (Lipinski definition) is 2. The van der Waals surface area contributed by atoms with Crippen LogP contribution < -0.4 is 10.9 Å². The lowest BCUT2D eigenvalue weighted by Crippen LogP contribution is -2.40. The largest absolute Gasteiger partial charge is 0.322 e. The molecule has 2 aromatic rings. The van der Waals surface area contributed by atoms with Gasteiger partial charge >= 0.3 is 6.03 Å². The second-order valence-corrected chi connectivity index (χ2v) is 5.01. The highest BCUT2D eigenvalue weighted by Crippen LogP contribution is 2.15. The van der Waals surface area contributed by atoms with Crippen molar-refractivity contribution in [1.29, 1.82) is 0 Å². The van der Waals surface area contributed by atoms with Crippen molar-refractivity contribution in [3.8, 4) is 0 Å². The van der Waals surface area contributed by atoms with E-state index in [2.05, 4.69) is 15.5 Å². The summed E-state index contributed by atoms with van der Waals surface area (Å²) in [6, 6.07) is 7.46. The molecule has 0 saturated carbocycles. The van der Waals surface area contributed by atoms with Gasteiger partial charge in [0.15, 0.2) is 0 Å². The number of aromatic nitrogens is 2. The van der Waals surface area contributed by atoms with E-state index in [1.54, 1.807) is 4.90 Å². The molecule has 1 aromatic heterocycles. The zero-order valence-corrected chi connectivity index (χ0v) is 11.2. The lowest BCUT2D eigenvalue weighted by atomic mass is 10.1. The molecule has 104 valence electrons. The maximum absolute atomic E-state index is 12.2. The number of anilines is 1. The fourth-order valence-corrected chi connectivity index (χ4v) is 2.42. The van der Waals surface area contributed by atoms with Crippen molar-refractivity contribution in [2.45, 2.75) is 19.9 Å². The van der Waals surface area contributed by atoms with Crippen molar-refractivity contribution in [3.63, 3.8) is 0 Å². The monoisotopic (exact) mass is 272 g/mol. The van der Waals surface area contributed by atoms with Gasteiger partial charge < -0.3 is 15.3 Å². The van der Waals surface area contributed by atoms with E-state index in [1.807, 2.05) is 31.2 Å². The van der Waals surface area contributed by atoms with Crippen LogP contribution in [0.25, 0.3) is 0 Å². The van der Waals surface area contributed by atoms with Crippen molar-refractivity contribution in [2.24, 2.45) is 0 Å². The highest BCUT2D eigenvalue weighted by molar-refractivity contribution is 5.89. The molecule has 0 bridgehead atoms. The molecule has 1 aliphatic heterocycles. The molecule has 0 fully saturated rings. The number of carbonyl (C=O) groups is 1. The van der Waals surface area contributed by atoms with Crippen molar-refractivity contribution < 1.29 is 4.79 Å². The number of H-pyrrole nitrogens is 2. The van der Waals surface area contributed by atoms with Gasteiger partial charge in [0.25, 0.3) is 5.56 Å². The maximum atomic E-state index is 12.2. The summed E-state index contributed by atoms with van der Waals surface area (Å²) in [6.45, 7) is 2.91. The van der Waals surface area contributed by atoms with Gasteiger partial charge in [-0.15, -0.1) is 0 Å². The van der Waals surface area contributed by atoms with Crippen LogP contribution in [0.15, 0.2) is 29.1 Å². The summed E-state index contributed by atoms with van der Waals surface area (Å²) in [7, 11) is 0. The molecule has 20 heavy (non-hydrogen) atoms. The molecule has 0 saturated heterocycles. The van der Waals surface area contributed by atoms with Crippen molar-refractivity contribution >= 4 is 11.7 Å². The zero-order chi connectivity index (χ0) is 14.1. The van der Waals surface area contributed by atoms with Crippen molar-refractivity contribution in [3.05, 3.63) is 51.4 Å². The van der Waals surface area contributed by atoms with Crippen LogP contribution in [-0.2, 0) is 13.0 Å². The number of nitrogens with one attached hydrogen (secondary N) is 3. The number of benzene rings is 1. The van der Waals surface area contributed by atoms with Crippen molar-refractivity contribution in [1.82, 2.24) is 15.1 Å². The van der Waals surface area contributed by atoms with E-state index in [4.69, 9.17) is 0 Å². The summed E-state index contributed by atoms with van der Waals surface area (Å²) in [5.41, 5.74) is 3.26. The van der Waals surface area contributed by atoms with Gasteiger partial charge in [-0.1, -0.05) is 12.1 Å². The lowest BCUT2D eigenvalue weighted by Gasteiger charge is -2.26. The van der Waals surface area contributed by atoms with Crippen LogP contribution in [-0.4, -0.2) is 27.7 Å². The average Bonchev–Trinajstić information content (AvgIpc) is 2.80. The molecule has 1 aromatic carbocycles. The standard InChI is InChI=1S/C14H16N4O2/c1-9-3-2-4-10(7-9)15-14(20)18-6-5-12-11(8-18)13(19)17-16-12/h2-4,7H,5-6,8H2,1H3,(H,15,20)(H2,16,17,19). The number of carbonyl (C=O) groups excluding carboxylic acids is 1. The number of nitrogens with zero attached hydrogens (tertiary/aromatic N) is 1. The first-order valence-corrected chi connectivity index (χ1v) is 6.54. The van der Waals surface area contributed by atoms with E-state index >= 15 is 0 Å². The van der Waals surface area contributed by atoms with Crippen LogP contribution >= 0.6 is 0 Å². The Bertz CT molecular complexity index is 701. The average molecular weight is 272 g/mol.